The second-order valence-electron chi connectivity index (χ2n) is 4.65. The first-order valence-electron chi connectivity index (χ1n) is 6.37. The monoisotopic (exact) mass is 265 g/mol. The molecule has 0 spiro atoms. The summed E-state index contributed by atoms with van der Waals surface area (Å²) < 4.78 is 1.64. The van der Waals surface area contributed by atoms with E-state index in [0.29, 0.717) is 17.5 Å². The molecule has 2 aromatic heterocycles. The number of benzene rings is 1. The van der Waals surface area contributed by atoms with E-state index in [-0.39, 0.29) is 0 Å². The van der Waals surface area contributed by atoms with Gasteiger partial charge in [-0.3, -0.25) is 0 Å². The molecule has 0 saturated carbocycles. The normalized spacial score (nSPS) is 10.7. The molecule has 0 bridgehead atoms. The minimum absolute atomic E-state index is 0.557. The van der Waals surface area contributed by atoms with Crippen molar-refractivity contribution in [2.24, 2.45) is 0 Å². The number of rotatable bonds is 2. The fourth-order valence-electron chi connectivity index (χ4n) is 2.13. The largest absolute Gasteiger partial charge is 0.384 e. The standard InChI is InChI=1S/C15H15N5/c1-10-8-15(18-11(2)17-10)20-14(16)9-13(19-20)12-6-4-3-5-7-12/h3-9H,16H2,1-2H3. The number of hydrogen-bond acceptors (Lipinski definition) is 4. The Hall–Kier alpha value is -2.69. The molecule has 0 unspecified atom stereocenters. The molecule has 1 aromatic carbocycles. The molecular formula is C15H15N5. The Balaban J connectivity index is 2.09. The van der Waals surface area contributed by atoms with Gasteiger partial charge in [0.25, 0.3) is 0 Å². The Morgan fingerprint density at radius 3 is 2.45 bits per heavy atom. The number of aryl methyl sites for hydroxylation is 2. The minimum atomic E-state index is 0.557. The van der Waals surface area contributed by atoms with Gasteiger partial charge < -0.3 is 5.73 Å². The summed E-state index contributed by atoms with van der Waals surface area (Å²) >= 11 is 0. The van der Waals surface area contributed by atoms with Crippen molar-refractivity contribution in [2.45, 2.75) is 13.8 Å². The highest BCUT2D eigenvalue weighted by Crippen LogP contribution is 2.22. The average Bonchev–Trinajstić information content (AvgIpc) is 2.81. The van der Waals surface area contributed by atoms with Crippen LogP contribution in [0.3, 0.4) is 0 Å². The van der Waals surface area contributed by atoms with Gasteiger partial charge in [0, 0.05) is 23.4 Å². The van der Waals surface area contributed by atoms with Crippen molar-refractivity contribution in [3.63, 3.8) is 0 Å². The third-order valence-electron chi connectivity index (χ3n) is 2.98. The van der Waals surface area contributed by atoms with E-state index in [0.717, 1.165) is 17.0 Å². The van der Waals surface area contributed by atoms with Crippen LogP contribution in [0.15, 0.2) is 42.5 Å². The van der Waals surface area contributed by atoms with Crippen LogP contribution in [0.2, 0.25) is 0 Å². The van der Waals surface area contributed by atoms with Crippen LogP contribution >= 0.6 is 0 Å². The summed E-state index contributed by atoms with van der Waals surface area (Å²) in [6, 6.07) is 13.6. The molecule has 5 nitrogen and oxygen atoms in total. The Morgan fingerprint density at radius 2 is 1.75 bits per heavy atom. The molecule has 0 fully saturated rings. The van der Waals surface area contributed by atoms with Crippen molar-refractivity contribution in [3.05, 3.63) is 54.0 Å². The zero-order chi connectivity index (χ0) is 14.1. The van der Waals surface area contributed by atoms with Gasteiger partial charge in [-0.15, -0.1) is 0 Å². The second-order valence-corrected chi connectivity index (χ2v) is 4.65. The molecule has 0 radical (unpaired) electrons. The summed E-state index contributed by atoms with van der Waals surface area (Å²) in [6.45, 7) is 3.78. The van der Waals surface area contributed by atoms with Crippen LogP contribution in [0.5, 0.6) is 0 Å². The molecule has 2 N–H and O–H groups in total. The molecule has 3 rings (SSSR count). The molecule has 0 amide bonds. The molecule has 20 heavy (non-hydrogen) atoms. The lowest BCUT2D eigenvalue weighted by Crippen LogP contribution is -2.06. The van der Waals surface area contributed by atoms with Crippen molar-refractivity contribution in [1.29, 1.82) is 0 Å². The molecule has 0 atom stereocenters. The van der Waals surface area contributed by atoms with Crippen molar-refractivity contribution in [1.82, 2.24) is 19.7 Å². The Labute approximate surface area is 117 Å². The fourth-order valence-corrected chi connectivity index (χ4v) is 2.13. The minimum Gasteiger partial charge on any atom is -0.384 e. The van der Waals surface area contributed by atoms with E-state index in [9.17, 15) is 0 Å². The topological polar surface area (TPSA) is 69.6 Å². The molecule has 5 heteroatoms. The van der Waals surface area contributed by atoms with E-state index in [1.807, 2.05) is 56.3 Å². The maximum atomic E-state index is 6.05. The summed E-state index contributed by atoms with van der Waals surface area (Å²) in [7, 11) is 0. The van der Waals surface area contributed by atoms with E-state index in [1.165, 1.54) is 0 Å². The van der Waals surface area contributed by atoms with E-state index in [2.05, 4.69) is 15.1 Å². The van der Waals surface area contributed by atoms with E-state index >= 15 is 0 Å². The predicted octanol–water partition coefficient (Wildman–Crippen LogP) is 2.53. The lowest BCUT2D eigenvalue weighted by Gasteiger charge is -2.04. The fraction of sp³-hybridized carbons (Fsp3) is 0.133. The van der Waals surface area contributed by atoms with Gasteiger partial charge >= 0.3 is 0 Å². The van der Waals surface area contributed by atoms with Gasteiger partial charge in [0.05, 0.1) is 5.69 Å². The van der Waals surface area contributed by atoms with Gasteiger partial charge in [-0.05, 0) is 13.8 Å². The molecule has 100 valence electrons. The molecule has 0 saturated heterocycles. The van der Waals surface area contributed by atoms with Gasteiger partial charge in [-0.1, -0.05) is 30.3 Å². The smallest absolute Gasteiger partial charge is 0.159 e. The number of nitrogen functional groups attached to an aromatic ring is 1. The van der Waals surface area contributed by atoms with Crippen LogP contribution < -0.4 is 5.73 Å². The third-order valence-corrected chi connectivity index (χ3v) is 2.98. The summed E-state index contributed by atoms with van der Waals surface area (Å²) in [5.41, 5.74) is 8.80. The quantitative estimate of drug-likeness (QED) is 0.773. The van der Waals surface area contributed by atoms with E-state index in [4.69, 9.17) is 5.73 Å². The number of nitrogens with zero attached hydrogens (tertiary/aromatic N) is 4. The van der Waals surface area contributed by atoms with Crippen LogP contribution in [0.4, 0.5) is 5.82 Å². The van der Waals surface area contributed by atoms with E-state index < -0.39 is 0 Å². The number of nitrogens with two attached hydrogens (primary N) is 1. The number of hydrogen-bond donors (Lipinski definition) is 1. The van der Waals surface area contributed by atoms with Gasteiger partial charge in [0.15, 0.2) is 5.82 Å². The maximum Gasteiger partial charge on any atom is 0.159 e. The van der Waals surface area contributed by atoms with Crippen LogP contribution in [0, 0.1) is 13.8 Å². The zero-order valence-corrected chi connectivity index (χ0v) is 11.4. The Morgan fingerprint density at radius 1 is 1.00 bits per heavy atom. The van der Waals surface area contributed by atoms with Crippen LogP contribution in [-0.4, -0.2) is 19.7 Å². The average molecular weight is 265 g/mol. The molecular weight excluding hydrogens is 250 g/mol. The lowest BCUT2D eigenvalue weighted by molar-refractivity contribution is 0.833. The van der Waals surface area contributed by atoms with Crippen molar-refractivity contribution in [3.8, 4) is 17.1 Å². The molecule has 0 aliphatic carbocycles. The number of aromatic nitrogens is 4. The van der Waals surface area contributed by atoms with Crippen molar-refractivity contribution in [2.75, 3.05) is 5.73 Å². The zero-order valence-electron chi connectivity index (χ0n) is 11.4. The summed E-state index contributed by atoms with van der Waals surface area (Å²) in [5.74, 6) is 1.95. The summed E-state index contributed by atoms with van der Waals surface area (Å²) in [6.07, 6.45) is 0. The van der Waals surface area contributed by atoms with Gasteiger partial charge in [0.1, 0.15) is 11.6 Å². The predicted molar refractivity (Wildman–Crippen MR) is 78.5 cm³/mol. The second kappa shape index (κ2) is 4.77. The molecule has 2 heterocycles. The highest BCUT2D eigenvalue weighted by molar-refractivity contribution is 5.63. The highest BCUT2D eigenvalue weighted by Gasteiger charge is 2.10. The SMILES string of the molecule is Cc1cc(-n2nc(-c3ccccc3)cc2N)nc(C)n1. The van der Waals surface area contributed by atoms with Gasteiger partial charge in [0.2, 0.25) is 0 Å². The van der Waals surface area contributed by atoms with Crippen LogP contribution in [-0.2, 0) is 0 Å². The first kappa shape index (κ1) is 12.3. The van der Waals surface area contributed by atoms with E-state index in [1.54, 1.807) is 4.68 Å². The van der Waals surface area contributed by atoms with Crippen LogP contribution in [0.1, 0.15) is 11.5 Å². The highest BCUT2D eigenvalue weighted by atomic mass is 15.3. The van der Waals surface area contributed by atoms with Gasteiger partial charge in [-0.2, -0.15) is 9.78 Å². The van der Waals surface area contributed by atoms with Crippen molar-refractivity contribution < 1.29 is 0 Å². The molecule has 3 aromatic rings. The Kier molecular flexibility index (Phi) is 2.95. The Bertz CT molecular complexity index is 726. The first-order chi connectivity index (χ1) is 9.63. The summed E-state index contributed by atoms with van der Waals surface area (Å²) in [5, 5.41) is 4.53. The summed E-state index contributed by atoms with van der Waals surface area (Å²) in [4.78, 5) is 8.64. The molecule has 0 aliphatic heterocycles. The lowest BCUT2D eigenvalue weighted by atomic mass is 10.2. The third kappa shape index (κ3) is 2.25. The first-order valence-corrected chi connectivity index (χ1v) is 6.37. The van der Waals surface area contributed by atoms with Crippen LogP contribution in [0.25, 0.3) is 17.1 Å². The maximum absolute atomic E-state index is 6.05. The van der Waals surface area contributed by atoms with Gasteiger partial charge in [-0.25, -0.2) is 9.97 Å². The number of anilines is 1. The molecule has 0 aliphatic rings. The van der Waals surface area contributed by atoms with Crippen molar-refractivity contribution >= 4 is 5.82 Å².